The Morgan fingerprint density at radius 3 is 2.88 bits per heavy atom. The first kappa shape index (κ1) is 10.8. The van der Waals surface area contributed by atoms with Crippen LogP contribution in [0.2, 0.25) is 0 Å². The van der Waals surface area contributed by atoms with E-state index in [9.17, 15) is 5.11 Å². The van der Waals surface area contributed by atoms with E-state index in [4.69, 9.17) is 4.74 Å². The first-order chi connectivity index (χ1) is 8.25. The van der Waals surface area contributed by atoms with Gasteiger partial charge in [-0.25, -0.2) is 0 Å². The monoisotopic (exact) mass is 246 g/mol. The lowest BCUT2D eigenvalue weighted by Crippen LogP contribution is -2.11. The third kappa shape index (κ3) is 1.85. The molecule has 0 bridgehead atoms. The maximum atomic E-state index is 10.4. The maximum Gasteiger partial charge on any atom is 0.123 e. The Morgan fingerprint density at radius 1 is 1.29 bits per heavy atom. The molecule has 0 saturated heterocycles. The van der Waals surface area contributed by atoms with E-state index in [1.54, 1.807) is 11.3 Å². The van der Waals surface area contributed by atoms with Gasteiger partial charge < -0.3 is 9.84 Å². The van der Waals surface area contributed by atoms with Gasteiger partial charge in [-0.3, -0.25) is 0 Å². The fourth-order valence-corrected chi connectivity index (χ4v) is 3.19. The van der Waals surface area contributed by atoms with Gasteiger partial charge in [-0.15, -0.1) is 11.3 Å². The highest BCUT2D eigenvalue weighted by molar-refractivity contribution is 7.12. The Morgan fingerprint density at radius 2 is 2.12 bits per heavy atom. The smallest absolute Gasteiger partial charge is 0.123 e. The maximum absolute atomic E-state index is 10.4. The molecule has 2 nitrogen and oxygen atoms in total. The second-order valence-electron chi connectivity index (χ2n) is 4.35. The zero-order valence-electron chi connectivity index (χ0n) is 9.59. The van der Waals surface area contributed by atoms with Crippen molar-refractivity contribution in [3.8, 4) is 5.75 Å². The van der Waals surface area contributed by atoms with Gasteiger partial charge in [0.15, 0.2) is 0 Å². The molecule has 0 fully saturated rings. The molecular weight excluding hydrogens is 232 g/mol. The van der Waals surface area contributed by atoms with Gasteiger partial charge in [0.1, 0.15) is 5.75 Å². The highest BCUT2D eigenvalue weighted by atomic mass is 32.1. The summed E-state index contributed by atoms with van der Waals surface area (Å²) in [6.45, 7) is 2.62. The SMILES string of the molecule is Cc1ccc(C(O)C2COc3ccccc32)s1. The van der Waals surface area contributed by atoms with Crippen LogP contribution in [0, 0.1) is 6.92 Å². The average Bonchev–Trinajstić information content (AvgIpc) is 2.94. The number of ether oxygens (including phenoxy) is 1. The number of para-hydroxylation sites is 1. The fraction of sp³-hybridized carbons (Fsp3) is 0.286. The molecule has 1 aliphatic rings. The van der Waals surface area contributed by atoms with E-state index < -0.39 is 6.10 Å². The van der Waals surface area contributed by atoms with Crippen LogP contribution in [-0.4, -0.2) is 11.7 Å². The van der Waals surface area contributed by atoms with Crippen LogP contribution in [-0.2, 0) is 0 Å². The second kappa shape index (κ2) is 4.17. The molecule has 17 heavy (non-hydrogen) atoms. The molecule has 0 amide bonds. The molecule has 1 aliphatic heterocycles. The van der Waals surface area contributed by atoms with Gasteiger partial charge in [0.2, 0.25) is 0 Å². The van der Waals surface area contributed by atoms with Gasteiger partial charge in [0, 0.05) is 15.3 Å². The summed E-state index contributed by atoms with van der Waals surface area (Å²) in [5.41, 5.74) is 1.12. The Kier molecular flexibility index (Phi) is 2.65. The van der Waals surface area contributed by atoms with E-state index in [-0.39, 0.29) is 5.92 Å². The van der Waals surface area contributed by atoms with Gasteiger partial charge in [-0.1, -0.05) is 18.2 Å². The minimum Gasteiger partial charge on any atom is -0.493 e. The van der Waals surface area contributed by atoms with E-state index >= 15 is 0 Å². The van der Waals surface area contributed by atoms with Crippen LogP contribution in [0.25, 0.3) is 0 Å². The van der Waals surface area contributed by atoms with Crippen molar-refractivity contribution in [3.05, 3.63) is 51.7 Å². The van der Waals surface area contributed by atoms with Crippen molar-refractivity contribution >= 4 is 11.3 Å². The minimum absolute atomic E-state index is 0.0595. The predicted molar refractivity (Wildman–Crippen MR) is 68.7 cm³/mol. The number of aliphatic hydroxyl groups excluding tert-OH is 1. The van der Waals surface area contributed by atoms with Gasteiger partial charge >= 0.3 is 0 Å². The van der Waals surface area contributed by atoms with Crippen LogP contribution in [0.1, 0.15) is 27.3 Å². The molecule has 0 spiro atoms. The quantitative estimate of drug-likeness (QED) is 0.881. The largest absolute Gasteiger partial charge is 0.493 e. The van der Waals surface area contributed by atoms with Crippen LogP contribution >= 0.6 is 11.3 Å². The van der Waals surface area contributed by atoms with Gasteiger partial charge in [-0.05, 0) is 25.1 Å². The first-order valence-corrected chi connectivity index (χ1v) is 6.53. The third-order valence-electron chi connectivity index (χ3n) is 3.17. The number of benzene rings is 1. The molecule has 3 rings (SSSR count). The highest BCUT2D eigenvalue weighted by Gasteiger charge is 2.31. The van der Waals surface area contributed by atoms with Crippen molar-refractivity contribution in [2.24, 2.45) is 0 Å². The summed E-state index contributed by atoms with van der Waals surface area (Å²) in [6, 6.07) is 12.0. The Hall–Kier alpha value is -1.32. The normalized spacial score (nSPS) is 19.8. The summed E-state index contributed by atoms with van der Waals surface area (Å²) in [6.07, 6.45) is -0.461. The zero-order valence-corrected chi connectivity index (χ0v) is 10.4. The summed E-state index contributed by atoms with van der Waals surface area (Å²) in [5.74, 6) is 0.967. The lowest BCUT2D eigenvalue weighted by atomic mass is 9.94. The summed E-state index contributed by atoms with van der Waals surface area (Å²) < 4.78 is 5.61. The zero-order chi connectivity index (χ0) is 11.8. The van der Waals surface area contributed by atoms with Gasteiger partial charge in [-0.2, -0.15) is 0 Å². The highest BCUT2D eigenvalue weighted by Crippen LogP contribution is 2.42. The molecule has 0 radical (unpaired) electrons. The molecular formula is C14H14O2S. The lowest BCUT2D eigenvalue weighted by Gasteiger charge is -2.15. The van der Waals surface area contributed by atoms with Crippen molar-refractivity contribution in [1.29, 1.82) is 0 Å². The summed E-state index contributed by atoms with van der Waals surface area (Å²) in [4.78, 5) is 2.25. The van der Waals surface area contributed by atoms with Crippen molar-refractivity contribution in [2.45, 2.75) is 18.9 Å². The standard InChI is InChI=1S/C14H14O2S/c1-9-6-7-13(17-9)14(15)11-8-16-12-5-3-2-4-10(11)12/h2-7,11,14-15H,8H2,1H3. The number of hydrogen-bond acceptors (Lipinski definition) is 3. The van der Waals surface area contributed by atoms with Crippen LogP contribution in [0.15, 0.2) is 36.4 Å². The number of rotatable bonds is 2. The van der Waals surface area contributed by atoms with E-state index in [2.05, 4.69) is 6.92 Å². The lowest BCUT2D eigenvalue weighted by molar-refractivity contribution is 0.133. The Balaban J connectivity index is 1.92. The second-order valence-corrected chi connectivity index (χ2v) is 5.67. The number of thiophene rings is 1. The van der Waals surface area contributed by atoms with Crippen molar-refractivity contribution < 1.29 is 9.84 Å². The van der Waals surface area contributed by atoms with Crippen molar-refractivity contribution in [1.82, 2.24) is 0 Å². The van der Waals surface area contributed by atoms with Crippen molar-refractivity contribution in [2.75, 3.05) is 6.61 Å². The van der Waals surface area contributed by atoms with E-state index in [0.29, 0.717) is 6.61 Å². The van der Waals surface area contributed by atoms with Crippen LogP contribution < -0.4 is 4.74 Å². The molecule has 2 unspecified atom stereocenters. The molecule has 2 atom stereocenters. The molecule has 2 aromatic rings. The molecule has 0 aliphatic carbocycles. The van der Waals surface area contributed by atoms with Crippen molar-refractivity contribution in [3.63, 3.8) is 0 Å². The predicted octanol–water partition coefficient (Wildman–Crippen LogP) is 3.27. The number of hydrogen-bond donors (Lipinski definition) is 1. The molecule has 1 aromatic carbocycles. The van der Waals surface area contributed by atoms with Crippen LogP contribution in [0.4, 0.5) is 0 Å². The molecule has 3 heteroatoms. The number of fused-ring (bicyclic) bond motifs is 1. The number of aliphatic hydroxyl groups is 1. The summed E-state index contributed by atoms with van der Waals surface area (Å²) in [5, 5.41) is 10.4. The molecule has 1 aromatic heterocycles. The fourth-order valence-electron chi connectivity index (χ4n) is 2.26. The third-order valence-corrected chi connectivity index (χ3v) is 4.24. The molecule has 0 saturated carbocycles. The molecule has 1 N–H and O–H groups in total. The van der Waals surface area contributed by atoms with E-state index in [1.807, 2.05) is 36.4 Å². The Bertz CT molecular complexity index is 533. The first-order valence-electron chi connectivity index (χ1n) is 5.72. The van der Waals surface area contributed by atoms with Gasteiger partial charge in [0.25, 0.3) is 0 Å². The van der Waals surface area contributed by atoms with E-state index in [1.165, 1.54) is 4.88 Å². The summed E-state index contributed by atoms with van der Waals surface area (Å²) in [7, 11) is 0. The Labute approximate surface area is 104 Å². The summed E-state index contributed by atoms with van der Waals surface area (Å²) >= 11 is 1.65. The molecule has 88 valence electrons. The van der Waals surface area contributed by atoms with Crippen LogP contribution in [0.3, 0.4) is 0 Å². The van der Waals surface area contributed by atoms with E-state index in [0.717, 1.165) is 16.2 Å². The molecule has 2 heterocycles. The minimum atomic E-state index is -0.461. The number of aryl methyl sites for hydroxylation is 1. The topological polar surface area (TPSA) is 29.5 Å². The van der Waals surface area contributed by atoms with Crippen LogP contribution in [0.5, 0.6) is 5.75 Å². The average molecular weight is 246 g/mol. The van der Waals surface area contributed by atoms with Gasteiger partial charge in [0.05, 0.1) is 18.6 Å².